The average molecular weight is 1390 g/mol. The van der Waals surface area contributed by atoms with Crippen LogP contribution in [0.5, 0.6) is 0 Å². The average Bonchev–Trinajstić information content (AvgIpc) is 0.769. The fourth-order valence-corrected chi connectivity index (χ4v) is 13.3. The van der Waals surface area contributed by atoms with Crippen molar-refractivity contribution in [1.82, 2.24) is 41.2 Å². The molecule has 8 aromatic carbocycles. The number of nitrogens with one attached hydrogen (secondary N) is 2. The number of nitrogens with zero attached hydrogens (tertiary/aromatic N) is 10. The van der Waals surface area contributed by atoms with Crippen molar-refractivity contribution in [2.45, 2.75) is 128 Å². The number of para-hydroxylation sites is 6. The Labute approximate surface area is 607 Å². The second-order valence-electron chi connectivity index (χ2n) is 25.7. The van der Waals surface area contributed by atoms with Crippen molar-refractivity contribution < 1.29 is 19.1 Å². The molecule has 532 valence electrons. The number of hydrogen-bond donors (Lipinski definition) is 8. The number of ether oxygens (including phenoxy) is 2. The first-order valence-electron chi connectivity index (χ1n) is 35.5. The normalized spacial score (nSPS) is 17.1. The Bertz CT molecular complexity index is 4410. The summed E-state index contributed by atoms with van der Waals surface area (Å²) in [5, 5.41) is 52.7. The molecule has 1 fully saturated rings. The molecule has 4 atom stereocenters. The number of aromatic nitrogens is 6. The number of nitrogens with two attached hydrogens (primary N) is 6. The third-order valence-corrected chi connectivity index (χ3v) is 18.6. The van der Waals surface area contributed by atoms with Crippen LogP contribution in [0.1, 0.15) is 123 Å². The molecule has 1 saturated carbocycles. The van der Waals surface area contributed by atoms with Crippen molar-refractivity contribution in [1.29, 1.82) is 10.8 Å². The van der Waals surface area contributed by atoms with Gasteiger partial charge < -0.3 is 54.5 Å². The quantitative estimate of drug-likeness (QED) is 0.0320. The van der Waals surface area contributed by atoms with E-state index in [-0.39, 0.29) is 30.1 Å². The van der Waals surface area contributed by atoms with Gasteiger partial charge in [0.15, 0.2) is 0 Å². The van der Waals surface area contributed by atoms with Gasteiger partial charge in [0.2, 0.25) is 11.6 Å². The zero-order valence-corrected chi connectivity index (χ0v) is 58.4. The number of hydrogen-bond acceptors (Lipinski definition) is 20. The highest BCUT2D eigenvalue weighted by atomic mass is 16.6. The third-order valence-electron chi connectivity index (χ3n) is 18.6. The number of anilines is 6. The Balaban J connectivity index is 0.000000153. The maximum absolute atomic E-state index is 13.0. The lowest BCUT2D eigenvalue weighted by atomic mass is 9.71. The van der Waals surface area contributed by atoms with Crippen LogP contribution in [-0.4, -0.2) is 66.4 Å². The number of alkyl carbamates (subject to hydrolysis) is 2. The van der Waals surface area contributed by atoms with Gasteiger partial charge in [-0.1, -0.05) is 196 Å². The Morgan fingerprint density at radius 2 is 0.750 bits per heavy atom. The van der Waals surface area contributed by atoms with E-state index in [9.17, 15) is 9.59 Å². The topological polar surface area (TPSA) is 382 Å². The molecule has 104 heavy (non-hydrogen) atoms. The van der Waals surface area contributed by atoms with Gasteiger partial charge in [-0.15, -0.1) is 30.6 Å². The molecule has 0 bridgehead atoms. The Kier molecular flexibility index (Phi) is 27.5. The first kappa shape index (κ1) is 74.3. The zero-order valence-electron chi connectivity index (χ0n) is 58.4. The van der Waals surface area contributed by atoms with Crippen LogP contribution < -0.4 is 45.0 Å². The number of benzene rings is 8. The fourth-order valence-electron chi connectivity index (χ4n) is 13.3. The summed E-state index contributed by atoms with van der Waals surface area (Å²) >= 11 is 0. The molecule has 4 unspecified atom stereocenters. The van der Waals surface area contributed by atoms with Crippen LogP contribution in [-0.2, 0) is 35.4 Å². The minimum absolute atomic E-state index is 0.0102. The van der Waals surface area contributed by atoms with E-state index < -0.39 is 6.09 Å². The predicted molar refractivity (Wildman–Crippen MR) is 413 cm³/mol. The van der Waals surface area contributed by atoms with Crippen molar-refractivity contribution in [3.63, 3.8) is 0 Å². The summed E-state index contributed by atoms with van der Waals surface area (Å²) in [4.78, 5) is 24.7. The molecule has 0 radical (unpaired) electrons. The number of nitrogen functional groups attached to an aromatic ring is 6. The Morgan fingerprint density at radius 1 is 0.385 bits per heavy atom. The van der Waals surface area contributed by atoms with E-state index in [0.717, 1.165) is 132 Å². The highest BCUT2D eigenvalue weighted by Gasteiger charge is 2.43. The van der Waals surface area contributed by atoms with Crippen molar-refractivity contribution in [2.24, 2.45) is 22.0 Å². The number of rotatable bonds is 12. The molecule has 0 saturated heterocycles. The molecule has 2 amide bonds. The van der Waals surface area contributed by atoms with Gasteiger partial charge in [-0.2, -0.15) is 10.2 Å². The standard InChI is InChI=1S/C30H33N5O2.C22H24N4.C16H21NO2.C14H12N6.N2/c31-24-16-9-7-13-21(24)28-23-15-5-2-6-18-26(37-30(36)33-19-20-11-3-1-4-12-20)27(23)29(35-34-28)22-14-8-10-17-25(22)32;23-19-13-7-5-11-17(19)21-15-9-3-1-2-4-10-16(15)22(26-25-21)18-12-6-8-14-20(18)24;18-16(17-13-14-9-5-4-6-10-14)19-15-11-7-2-1-3-8-12-15;15-11-7-3-1-5-9(11)13-17-19-14(20-18-13)10-6-2-4-8-12(10)16;1-2/h1,3-4,7-14,16-17,23,26-27H,2,5-6,15,18-19,31-32H2,(H,33,36);5-8,11-14H,1-4,9-10,23-24H2;4-7,9-11,15H,1-3,8,12-13H2,(H,17,18);1-8H,15-16H2;/b;;11-7+;;. The van der Waals surface area contributed by atoms with Crippen LogP contribution in [0.15, 0.2) is 229 Å². The molecule has 1 aliphatic heterocycles. The maximum atomic E-state index is 13.0. The van der Waals surface area contributed by atoms with E-state index in [2.05, 4.69) is 47.3 Å². The van der Waals surface area contributed by atoms with Gasteiger partial charge in [0.05, 0.1) is 22.8 Å². The summed E-state index contributed by atoms with van der Waals surface area (Å²) in [6, 6.07) is 65.5. The molecule has 3 aliphatic carbocycles. The molecule has 22 heteroatoms. The van der Waals surface area contributed by atoms with Gasteiger partial charge in [-0.3, -0.25) is 0 Å². The Hall–Kier alpha value is -12.4. The van der Waals surface area contributed by atoms with Crippen molar-refractivity contribution in [3.8, 4) is 45.3 Å². The van der Waals surface area contributed by atoms with Crippen molar-refractivity contribution in [2.75, 3.05) is 34.4 Å². The number of fused-ring (bicyclic) bond motifs is 2. The SMILES string of the molecule is N#N.Nc1ccccc1-c1nnc(-c2ccccc2N)c2c1CCCCCC2.Nc1ccccc1-c1nnc(-c2ccccc2N)nn1.Nc1ccccc1C1=NN=C(c2ccccc2N)C2C(OC(=O)NCc3ccccc3)CCCCCC12.O=C(NCc1ccccc1)OC1/C=C/CCCCC1. The van der Waals surface area contributed by atoms with E-state index in [1.54, 1.807) is 12.1 Å². The Morgan fingerprint density at radius 3 is 1.21 bits per heavy atom. The summed E-state index contributed by atoms with van der Waals surface area (Å²) in [5.41, 5.74) is 54.2. The zero-order chi connectivity index (χ0) is 72.8. The van der Waals surface area contributed by atoms with Crippen molar-refractivity contribution >= 4 is 57.7 Å². The van der Waals surface area contributed by atoms with E-state index >= 15 is 0 Å². The minimum atomic E-state index is -0.433. The summed E-state index contributed by atoms with van der Waals surface area (Å²) in [6.45, 7) is 0.913. The summed E-state index contributed by atoms with van der Waals surface area (Å²) in [6.07, 6.45) is 20.1. The molecule has 4 aliphatic rings. The lowest BCUT2D eigenvalue weighted by Crippen LogP contribution is -2.45. The summed E-state index contributed by atoms with van der Waals surface area (Å²) < 4.78 is 11.6. The summed E-state index contributed by atoms with van der Waals surface area (Å²) in [5.74, 6) is 0.575. The van der Waals surface area contributed by atoms with Gasteiger partial charge >= 0.3 is 12.2 Å². The molecule has 14 rings (SSSR count). The number of allylic oxidation sites excluding steroid dienone is 1. The highest BCUT2D eigenvalue weighted by Crippen LogP contribution is 2.41. The molecular weight excluding hydrogens is 1300 g/mol. The van der Waals surface area contributed by atoms with Gasteiger partial charge in [-0.25, -0.2) is 9.59 Å². The highest BCUT2D eigenvalue weighted by molar-refractivity contribution is 6.15. The van der Waals surface area contributed by atoms with Gasteiger partial charge in [0, 0.05) is 103 Å². The smallest absolute Gasteiger partial charge is 0.407 e. The number of carbonyl (C=O) groups is 2. The second kappa shape index (κ2) is 38.4. The van der Waals surface area contributed by atoms with Crippen LogP contribution in [0, 0.1) is 22.6 Å². The first-order chi connectivity index (χ1) is 51.0. The van der Waals surface area contributed by atoms with Crippen LogP contribution in [0.25, 0.3) is 45.3 Å². The monoisotopic (exact) mass is 1390 g/mol. The van der Waals surface area contributed by atoms with Gasteiger partial charge in [0.1, 0.15) is 12.2 Å². The summed E-state index contributed by atoms with van der Waals surface area (Å²) in [7, 11) is 0. The maximum Gasteiger partial charge on any atom is 0.407 e. The fraction of sp³-hybridized carbons (Fsp3) is 0.268. The minimum Gasteiger partial charge on any atom is -0.446 e. The third kappa shape index (κ3) is 20.2. The molecule has 2 aromatic heterocycles. The van der Waals surface area contributed by atoms with Crippen LogP contribution >= 0.6 is 0 Å². The molecule has 3 heterocycles. The lowest BCUT2D eigenvalue weighted by molar-refractivity contribution is 0.0577. The van der Waals surface area contributed by atoms with Crippen LogP contribution in [0.3, 0.4) is 0 Å². The molecule has 0 spiro atoms. The van der Waals surface area contributed by atoms with E-state index in [1.165, 1.54) is 49.7 Å². The molecule has 10 aromatic rings. The van der Waals surface area contributed by atoms with Gasteiger partial charge in [-0.05, 0) is 147 Å². The predicted octanol–water partition coefficient (Wildman–Crippen LogP) is 15.8. The second-order valence-corrected chi connectivity index (χ2v) is 25.7. The number of carbonyl (C=O) groups excluding carboxylic acids is 2. The van der Waals surface area contributed by atoms with Crippen LogP contribution in [0.2, 0.25) is 0 Å². The van der Waals surface area contributed by atoms with Crippen LogP contribution in [0.4, 0.5) is 43.7 Å². The first-order valence-corrected chi connectivity index (χ1v) is 35.5. The molecular formula is C82H90N18O4. The van der Waals surface area contributed by atoms with Crippen molar-refractivity contribution in [3.05, 3.63) is 252 Å². The molecule has 14 N–H and O–H groups in total. The van der Waals surface area contributed by atoms with Gasteiger partial charge in [0.25, 0.3) is 0 Å². The van der Waals surface area contributed by atoms with E-state index in [1.807, 2.05) is 200 Å². The van der Waals surface area contributed by atoms with E-state index in [0.29, 0.717) is 58.6 Å². The number of amides is 2. The lowest BCUT2D eigenvalue weighted by Gasteiger charge is -2.38. The largest absolute Gasteiger partial charge is 0.446 e. The van der Waals surface area contributed by atoms with E-state index in [4.69, 9.17) is 64.9 Å². The molecule has 22 nitrogen and oxygen atoms in total.